The molecule has 6 heteroatoms. The van der Waals surface area contributed by atoms with E-state index in [4.69, 9.17) is 16.3 Å². The molecule has 0 aliphatic carbocycles. The first kappa shape index (κ1) is 17.9. The number of ketones is 1. The molecule has 0 saturated heterocycles. The van der Waals surface area contributed by atoms with Crippen molar-refractivity contribution < 1.29 is 14.3 Å². The van der Waals surface area contributed by atoms with Crippen molar-refractivity contribution in [2.45, 2.75) is 6.61 Å². The molecule has 138 valence electrons. The molecule has 0 bridgehead atoms. The molecule has 2 aromatic heterocycles. The number of nitrogens with zero attached hydrogens (tertiary/aromatic N) is 2. The first-order valence-corrected chi connectivity index (χ1v) is 8.98. The second-order valence-corrected chi connectivity index (χ2v) is 6.59. The van der Waals surface area contributed by atoms with Gasteiger partial charge in [0.2, 0.25) is 0 Å². The van der Waals surface area contributed by atoms with Gasteiger partial charge in [0.15, 0.2) is 5.78 Å². The number of ether oxygens (including phenoxy) is 1. The summed E-state index contributed by atoms with van der Waals surface area (Å²) in [4.78, 5) is 29.8. The number of hydrogen-bond acceptors (Lipinski definition) is 4. The van der Waals surface area contributed by atoms with Gasteiger partial charge in [0.05, 0.1) is 11.3 Å². The number of imidazole rings is 1. The van der Waals surface area contributed by atoms with Crippen molar-refractivity contribution in [2.75, 3.05) is 0 Å². The van der Waals surface area contributed by atoms with Gasteiger partial charge in [0, 0.05) is 28.5 Å². The van der Waals surface area contributed by atoms with E-state index < -0.39 is 5.97 Å². The predicted molar refractivity (Wildman–Crippen MR) is 106 cm³/mol. The van der Waals surface area contributed by atoms with Crippen LogP contribution >= 0.6 is 11.6 Å². The quantitative estimate of drug-likeness (QED) is 0.370. The molecule has 28 heavy (non-hydrogen) atoms. The molecule has 2 aromatic carbocycles. The molecule has 0 amide bonds. The van der Waals surface area contributed by atoms with Crippen molar-refractivity contribution in [3.05, 3.63) is 107 Å². The Morgan fingerprint density at radius 1 is 0.929 bits per heavy atom. The monoisotopic (exact) mass is 390 g/mol. The maximum Gasteiger partial charge on any atom is 0.339 e. The zero-order valence-electron chi connectivity index (χ0n) is 14.7. The van der Waals surface area contributed by atoms with Gasteiger partial charge in [0.1, 0.15) is 12.3 Å². The Morgan fingerprint density at radius 3 is 2.39 bits per heavy atom. The summed E-state index contributed by atoms with van der Waals surface area (Å²) >= 11 is 5.88. The summed E-state index contributed by atoms with van der Waals surface area (Å²) in [5.41, 5.74) is 2.34. The number of carbonyl (C=O) groups excluding carboxylic acids is 2. The van der Waals surface area contributed by atoms with E-state index in [1.54, 1.807) is 54.7 Å². The number of pyridine rings is 1. The topological polar surface area (TPSA) is 60.7 Å². The van der Waals surface area contributed by atoms with Crippen molar-refractivity contribution in [1.82, 2.24) is 9.38 Å². The van der Waals surface area contributed by atoms with Crippen LogP contribution in [0.1, 0.15) is 32.0 Å². The average Bonchev–Trinajstić information content (AvgIpc) is 3.15. The maximum absolute atomic E-state index is 12.8. The lowest BCUT2D eigenvalue weighted by Gasteiger charge is -2.08. The van der Waals surface area contributed by atoms with E-state index in [2.05, 4.69) is 4.98 Å². The smallest absolute Gasteiger partial charge is 0.339 e. The van der Waals surface area contributed by atoms with Crippen LogP contribution in [0.25, 0.3) is 5.65 Å². The lowest BCUT2D eigenvalue weighted by molar-refractivity contribution is 0.0466. The van der Waals surface area contributed by atoms with Crippen LogP contribution in [0.3, 0.4) is 0 Å². The molecule has 0 aliphatic rings. The number of hydrogen-bond donors (Lipinski definition) is 0. The van der Waals surface area contributed by atoms with Crippen LogP contribution in [0, 0.1) is 0 Å². The third-order valence-corrected chi connectivity index (χ3v) is 4.52. The molecule has 4 rings (SSSR count). The first-order valence-electron chi connectivity index (χ1n) is 8.61. The van der Waals surface area contributed by atoms with Gasteiger partial charge in [-0.1, -0.05) is 35.9 Å². The van der Waals surface area contributed by atoms with Gasteiger partial charge < -0.3 is 9.14 Å². The Kier molecular flexibility index (Phi) is 4.91. The van der Waals surface area contributed by atoms with Crippen molar-refractivity contribution >= 4 is 29.0 Å². The fourth-order valence-electron chi connectivity index (χ4n) is 2.89. The Morgan fingerprint density at radius 2 is 1.64 bits per heavy atom. The number of rotatable bonds is 5. The Labute approximate surface area is 166 Å². The Hall–Kier alpha value is -3.44. The average molecular weight is 391 g/mol. The summed E-state index contributed by atoms with van der Waals surface area (Å²) in [5.74, 6) is -0.841. The summed E-state index contributed by atoms with van der Waals surface area (Å²) in [6.45, 7) is 0.0178. The Balaban J connectivity index is 1.54. The molecule has 0 atom stereocenters. The predicted octanol–water partition coefficient (Wildman–Crippen LogP) is 4.58. The fourth-order valence-corrected chi connectivity index (χ4v) is 3.02. The molecule has 0 N–H and O–H groups in total. The molecule has 0 aliphatic heterocycles. The largest absolute Gasteiger partial charge is 0.455 e. The summed E-state index contributed by atoms with van der Waals surface area (Å²) in [6.07, 6.45) is 3.67. The summed E-state index contributed by atoms with van der Waals surface area (Å²) in [6, 6.07) is 18.8. The highest BCUT2D eigenvalue weighted by Gasteiger charge is 2.19. The van der Waals surface area contributed by atoms with Gasteiger partial charge in [-0.3, -0.25) is 4.79 Å². The highest BCUT2D eigenvalue weighted by atomic mass is 35.5. The SMILES string of the molecule is O=C(OCc1cn2ccccc2n1)c1ccccc1C(=O)c1ccc(Cl)cc1. The second kappa shape index (κ2) is 7.66. The summed E-state index contributed by atoms with van der Waals surface area (Å²) in [5, 5.41) is 0.539. The molecule has 0 unspecified atom stereocenters. The zero-order valence-corrected chi connectivity index (χ0v) is 15.5. The van der Waals surface area contributed by atoms with E-state index in [1.807, 2.05) is 28.8 Å². The minimum atomic E-state index is -0.574. The number of fused-ring (bicyclic) bond motifs is 1. The molecule has 0 saturated carbocycles. The fraction of sp³-hybridized carbons (Fsp3) is 0.0455. The molecule has 5 nitrogen and oxygen atoms in total. The van der Waals surface area contributed by atoms with E-state index in [9.17, 15) is 9.59 Å². The van der Waals surface area contributed by atoms with E-state index in [-0.39, 0.29) is 23.5 Å². The van der Waals surface area contributed by atoms with Gasteiger partial charge in [-0.2, -0.15) is 0 Å². The first-order chi connectivity index (χ1) is 13.6. The molecule has 2 heterocycles. The molecule has 0 radical (unpaired) electrons. The van der Waals surface area contributed by atoms with Crippen molar-refractivity contribution in [3.63, 3.8) is 0 Å². The lowest BCUT2D eigenvalue weighted by atomic mass is 9.98. The van der Waals surface area contributed by atoms with Crippen LogP contribution in [-0.2, 0) is 11.3 Å². The van der Waals surface area contributed by atoms with E-state index in [1.165, 1.54) is 0 Å². The van der Waals surface area contributed by atoms with Gasteiger partial charge in [-0.05, 0) is 42.5 Å². The molecule has 0 spiro atoms. The van der Waals surface area contributed by atoms with Gasteiger partial charge in [-0.25, -0.2) is 9.78 Å². The standard InChI is InChI=1S/C22H15ClN2O3/c23-16-10-8-15(9-11-16)21(26)18-5-1-2-6-19(18)22(27)28-14-17-13-25-12-4-3-7-20(25)24-17/h1-13H,14H2. The number of halogens is 1. The van der Waals surface area contributed by atoms with Crippen molar-refractivity contribution in [1.29, 1.82) is 0 Å². The number of esters is 1. The number of carbonyl (C=O) groups is 2. The normalized spacial score (nSPS) is 10.8. The minimum absolute atomic E-state index is 0.0178. The van der Waals surface area contributed by atoms with Crippen LogP contribution in [0.4, 0.5) is 0 Å². The van der Waals surface area contributed by atoms with Crippen molar-refractivity contribution in [2.24, 2.45) is 0 Å². The third kappa shape index (κ3) is 3.66. The molecular weight excluding hydrogens is 376 g/mol. The lowest BCUT2D eigenvalue weighted by Crippen LogP contribution is -2.12. The highest BCUT2D eigenvalue weighted by molar-refractivity contribution is 6.30. The van der Waals surface area contributed by atoms with Crippen LogP contribution in [0.2, 0.25) is 5.02 Å². The number of benzene rings is 2. The van der Waals surface area contributed by atoms with E-state index in [0.717, 1.165) is 5.65 Å². The van der Waals surface area contributed by atoms with E-state index in [0.29, 0.717) is 16.3 Å². The minimum Gasteiger partial charge on any atom is -0.455 e. The van der Waals surface area contributed by atoms with Crippen LogP contribution < -0.4 is 0 Å². The Bertz CT molecular complexity index is 1130. The maximum atomic E-state index is 12.8. The van der Waals surface area contributed by atoms with Crippen LogP contribution in [0.5, 0.6) is 0 Å². The van der Waals surface area contributed by atoms with Crippen LogP contribution in [0.15, 0.2) is 79.1 Å². The van der Waals surface area contributed by atoms with Crippen molar-refractivity contribution in [3.8, 4) is 0 Å². The zero-order chi connectivity index (χ0) is 19.5. The van der Waals surface area contributed by atoms with Gasteiger partial charge in [0.25, 0.3) is 0 Å². The second-order valence-electron chi connectivity index (χ2n) is 6.16. The highest BCUT2D eigenvalue weighted by Crippen LogP contribution is 2.18. The summed E-state index contributed by atoms with van der Waals surface area (Å²) in [7, 11) is 0. The molecule has 4 aromatic rings. The van der Waals surface area contributed by atoms with E-state index >= 15 is 0 Å². The number of aromatic nitrogens is 2. The summed E-state index contributed by atoms with van der Waals surface area (Å²) < 4.78 is 7.25. The van der Waals surface area contributed by atoms with Gasteiger partial charge >= 0.3 is 5.97 Å². The molecule has 0 fully saturated rings. The van der Waals surface area contributed by atoms with Crippen LogP contribution in [-0.4, -0.2) is 21.1 Å². The molecular formula is C22H15ClN2O3. The van der Waals surface area contributed by atoms with Gasteiger partial charge in [-0.15, -0.1) is 0 Å². The third-order valence-electron chi connectivity index (χ3n) is 4.26.